The number of nitrogens with one attached hydrogen (secondary N) is 2. The Morgan fingerprint density at radius 3 is 3.14 bits per heavy atom. The summed E-state index contributed by atoms with van der Waals surface area (Å²) < 4.78 is 5.69. The molecule has 3 rings (SSSR count). The van der Waals surface area contributed by atoms with Crippen molar-refractivity contribution in [3.63, 3.8) is 0 Å². The minimum Gasteiger partial charge on any atom is -0.460 e. The summed E-state index contributed by atoms with van der Waals surface area (Å²) in [5.74, 6) is 1.78. The van der Waals surface area contributed by atoms with E-state index in [0.29, 0.717) is 6.04 Å². The van der Waals surface area contributed by atoms with Gasteiger partial charge in [-0.15, -0.1) is 0 Å². The van der Waals surface area contributed by atoms with Crippen LogP contribution >= 0.6 is 0 Å². The van der Waals surface area contributed by atoms with E-state index in [1.807, 2.05) is 25.3 Å². The molecule has 2 aromatic heterocycles. The Balaban J connectivity index is 1.62. The molecule has 1 aliphatic heterocycles. The molecule has 3 heterocycles. The molecule has 0 saturated carbocycles. The number of aromatic amines is 1. The highest BCUT2D eigenvalue weighted by Crippen LogP contribution is 2.23. The quantitative estimate of drug-likeness (QED) is 0.888. The van der Waals surface area contributed by atoms with Gasteiger partial charge in [-0.3, -0.25) is 5.10 Å². The van der Waals surface area contributed by atoms with Gasteiger partial charge in [0.1, 0.15) is 11.5 Å². The molecule has 0 bridgehead atoms. The second-order valence-electron chi connectivity index (χ2n) is 5.79. The van der Waals surface area contributed by atoms with Gasteiger partial charge in [-0.25, -0.2) is 0 Å². The molecule has 0 spiro atoms. The number of rotatable bonds is 5. The summed E-state index contributed by atoms with van der Waals surface area (Å²) in [5.41, 5.74) is 2.15. The molecule has 5 nitrogen and oxygen atoms in total. The van der Waals surface area contributed by atoms with Crippen molar-refractivity contribution in [2.45, 2.75) is 39.3 Å². The second kappa shape index (κ2) is 6.45. The number of furan rings is 1. The Morgan fingerprint density at radius 1 is 1.48 bits per heavy atom. The van der Waals surface area contributed by atoms with E-state index >= 15 is 0 Å². The SMILES string of the molecule is CCN1CCC[C@H](NCc2cn[nH]c2-c2ccc(C)o2)C1. The first-order valence-corrected chi connectivity index (χ1v) is 7.81. The Morgan fingerprint density at radius 2 is 2.38 bits per heavy atom. The van der Waals surface area contributed by atoms with Crippen LogP contribution in [0.5, 0.6) is 0 Å². The van der Waals surface area contributed by atoms with E-state index < -0.39 is 0 Å². The van der Waals surface area contributed by atoms with Crippen molar-refractivity contribution in [3.05, 3.63) is 29.7 Å². The molecule has 21 heavy (non-hydrogen) atoms. The van der Waals surface area contributed by atoms with Crippen LogP contribution in [0.15, 0.2) is 22.7 Å². The summed E-state index contributed by atoms with van der Waals surface area (Å²) in [4.78, 5) is 2.51. The van der Waals surface area contributed by atoms with Crippen molar-refractivity contribution < 1.29 is 4.42 Å². The van der Waals surface area contributed by atoms with Gasteiger partial charge >= 0.3 is 0 Å². The molecule has 1 atom stereocenters. The average molecular weight is 288 g/mol. The normalized spacial score (nSPS) is 20.0. The molecular weight excluding hydrogens is 264 g/mol. The number of H-pyrrole nitrogens is 1. The summed E-state index contributed by atoms with van der Waals surface area (Å²) in [6.45, 7) is 8.53. The molecule has 5 heteroatoms. The molecule has 0 radical (unpaired) electrons. The molecule has 2 N–H and O–H groups in total. The average Bonchev–Trinajstić information content (AvgIpc) is 3.13. The van der Waals surface area contributed by atoms with E-state index in [4.69, 9.17) is 4.42 Å². The van der Waals surface area contributed by atoms with Crippen molar-refractivity contribution in [1.29, 1.82) is 0 Å². The topological polar surface area (TPSA) is 57.1 Å². The van der Waals surface area contributed by atoms with Crippen molar-refractivity contribution in [3.8, 4) is 11.5 Å². The number of likely N-dealkylation sites (tertiary alicyclic amines) is 1. The van der Waals surface area contributed by atoms with Crippen molar-refractivity contribution in [2.75, 3.05) is 19.6 Å². The molecule has 0 aliphatic carbocycles. The maximum atomic E-state index is 5.69. The molecule has 1 aliphatic rings. The van der Waals surface area contributed by atoms with Crippen molar-refractivity contribution in [2.24, 2.45) is 0 Å². The molecular formula is C16H24N4O. The number of piperidine rings is 1. The third-order valence-corrected chi connectivity index (χ3v) is 4.24. The molecule has 114 valence electrons. The predicted octanol–water partition coefficient (Wildman–Crippen LogP) is 2.55. The standard InChI is InChI=1S/C16H24N4O/c1-3-20-8-4-5-14(11-20)17-9-13-10-18-19-16(13)15-7-6-12(2)21-15/h6-7,10,14,17H,3-5,8-9,11H2,1-2H3,(H,18,19)/t14-/m0/s1. The lowest BCUT2D eigenvalue weighted by Crippen LogP contribution is -2.45. The minimum atomic E-state index is 0.569. The summed E-state index contributed by atoms with van der Waals surface area (Å²) in [5, 5.41) is 10.9. The lowest BCUT2D eigenvalue weighted by Gasteiger charge is -2.32. The van der Waals surface area contributed by atoms with Gasteiger partial charge in [0, 0.05) is 24.7 Å². The van der Waals surface area contributed by atoms with Gasteiger partial charge in [0.25, 0.3) is 0 Å². The van der Waals surface area contributed by atoms with E-state index in [1.165, 1.54) is 19.4 Å². The highest BCUT2D eigenvalue weighted by molar-refractivity contribution is 5.56. The molecule has 0 aromatic carbocycles. The number of nitrogens with zero attached hydrogens (tertiary/aromatic N) is 2. The van der Waals surface area contributed by atoms with Gasteiger partial charge in [0.15, 0.2) is 5.76 Å². The van der Waals surface area contributed by atoms with Crippen LogP contribution in [0.3, 0.4) is 0 Å². The zero-order valence-corrected chi connectivity index (χ0v) is 12.9. The highest BCUT2D eigenvalue weighted by atomic mass is 16.3. The number of aromatic nitrogens is 2. The van der Waals surface area contributed by atoms with Gasteiger partial charge in [-0.1, -0.05) is 6.92 Å². The first-order valence-electron chi connectivity index (χ1n) is 7.81. The van der Waals surface area contributed by atoms with Gasteiger partial charge in [-0.2, -0.15) is 5.10 Å². The van der Waals surface area contributed by atoms with Gasteiger partial charge in [-0.05, 0) is 45.0 Å². The third-order valence-electron chi connectivity index (χ3n) is 4.24. The first-order chi connectivity index (χ1) is 10.3. The highest BCUT2D eigenvalue weighted by Gasteiger charge is 2.19. The van der Waals surface area contributed by atoms with Crippen molar-refractivity contribution >= 4 is 0 Å². The first kappa shape index (κ1) is 14.4. The largest absolute Gasteiger partial charge is 0.460 e. The Hall–Kier alpha value is -1.59. The van der Waals surface area contributed by atoms with Gasteiger partial charge in [0.05, 0.1) is 6.20 Å². The lowest BCUT2D eigenvalue weighted by atomic mass is 10.1. The molecule has 2 aromatic rings. The van der Waals surface area contributed by atoms with Crippen LogP contribution in [0.25, 0.3) is 11.5 Å². The Labute approximate surface area is 125 Å². The van der Waals surface area contributed by atoms with Crippen molar-refractivity contribution in [1.82, 2.24) is 20.4 Å². The van der Waals surface area contributed by atoms with E-state index in [2.05, 4.69) is 27.3 Å². The van der Waals surface area contributed by atoms with E-state index in [-0.39, 0.29) is 0 Å². The Kier molecular flexibility index (Phi) is 4.41. The summed E-state index contributed by atoms with van der Waals surface area (Å²) in [6, 6.07) is 4.54. The lowest BCUT2D eigenvalue weighted by molar-refractivity contribution is 0.198. The van der Waals surface area contributed by atoms with Crippen LogP contribution in [-0.2, 0) is 6.54 Å². The zero-order valence-electron chi connectivity index (χ0n) is 12.9. The minimum absolute atomic E-state index is 0.569. The summed E-state index contributed by atoms with van der Waals surface area (Å²) in [7, 11) is 0. The Bertz CT molecular complexity index is 574. The maximum Gasteiger partial charge on any atom is 0.152 e. The molecule has 0 unspecified atom stereocenters. The fourth-order valence-electron chi connectivity index (χ4n) is 2.99. The summed E-state index contributed by atoms with van der Waals surface area (Å²) in [6.07, 6.45) is 4.42. The van der Waals surface area contributed by atoms with E-state index in [0.717, 1.165) is 42.4 Å². The maximum absolute atomic E-state index is 5.69. The van der Waals surface area contributed by atoms with Gasteiger partial charge < -0.3 is 14.6 Å². The monoisotopic (exact) mass is 288 g/mol. The van der Waals surface area contributed by atoms with E-state index in [1.54, 1.807) is 0 Å². The molecule has 1 fully saturated rings. The molecule has 1 saturated heterocycles. The third kappa shape index (κ3) is 3.36. The zero-order chi connectivity index (χ0) is 14.7. The second-order valence-corrected chi connectivity index (χ2v) is 5.79. The van der Waals surface area contributed by atoms with Crippen LogP contribution in [0.4, 0.5) is 0 Å². The van der Waals surface area contributed by atoms with Crippen LogP contribution in [0.1, 0.15) is 31.1 Å². The van der Waals surface area contributed by atoms with Crippen LogP contribution in [-0.4, -0.2) is 40.8 Å². The van der Waals surface area contributed by atoms with E-state index in [9.17, 15) is 0 Å². The fourth-order valence-corrected chi connectivity index (χ4v) is 2.99. The summed E-state index contributed by atoms with van der Waals surface area (Å²) >= 11 is 0. The number of hydrogen-bond acceptors (Lipinski definition) is 4. The number of aryl methyl sites for hydroxylation is 1. The molecule has 0 amide bonds. The number of likely N-dealkylation sites (N-methyl/N-ethyl adjacent to an activating group) is 1. The predicted molar refractivity (Wildman–Crippen MR) is 83.0 cm³/mol. The number of hydrogen-bond donors (Lipinski definition) is 2. The fraction of sp³-hybridized carbons (Fsp3) is 0.562. The van der Waals surface area contributed by atoms with Crippen LogP contribution in [0.2, 0.25) is 0 Å². The van der Waals surface area contributed by atoms with Crippen LogP contribution in [0, 0.1) is 6.92 Å². The van der Waals surface area contributed by atoms with Crippen LogP contribution < -0.4 is 5.32 Å². The smallest absolute Gasteiger partial charge is 0.152 e. The van der Waals surface area contributed by atoms with Gasteiger partial charge in [0.2, 0.25) is 0 Å².